The summed E-state index contributed by atoms with van der Waals surface area (Å²) in [6, 6.07) is 9.48. The van der Waals surface area contributed by atoms with Crippen LogP contribution in [0, 0.1) is 52.3 Å². The Morgan fingerprint density at radius 1 is 0.974 bits per heavy atom. The maximum Gasteiger partial charge on any atom is 0.338 e. The van der Waals surface area contributed by atoms with E-state index in [0.717, 1.165) is 25.7 Å². The molecule has 5 rings (SSSR count). The molecule has 10 atom stereocenters. The van der Waals surface area contributed by atoms with E-state index in [1.165, 1.54) is 32.1 Å². The summed E-state index contributed by atoms with van der Waals surface area (Å²) in [4.78, 5) is 25.9. The van der Waals surface area contributed by atoms with Gasteiger partial charge in [-0.1, -0.05) is 52.8 Å². The molecule has 0 saturated heterocycles. The summed E-state index contributed by atoms with van der Waals surface area (Å²) in [7, 11) is 1.86. The Labute approximate surface area is 237 Å². The summed E-state index contributed by atoms with van der Waals surface area (Å²) in [6.07, 6.45) is 10.8. The van der Waals surface area contributed by atoms with Crippen molar-refractivity contribution in [1.82, 2.24) is 0 Å². The van der Waals surface area contributed by atoms with Crippen molar-refractivity contribution in [3.63, 3.8) is 0 Å². The normalized spacial score (nSPS) is 39.4. The van der Waals surface area contributed by atoms with Gasteiger partial charge in [-0.2, -0.15) is 0 Å². The number of fused-ring (bicyclic) bond motifs is 5. The van der Waals surface area contributed by atoms with Crippen LogP contribution in [0.4, 0.5) is 0 Å². The minimum Gasteiger partial charge on any atom is -0.458 e. The SMILES string of the molecule is CO[C@H](CCC(C)[C@H]1CCC2C3C(CC[C@@]21C)[C@@]1(C)CCC(=O)C[C@@H]1C[C@H]3OC(=O)c1ccccc1)C(C)C. The summed E-state index contributed by atoms with van der Waals surface area (Å²) in [5.41, 5.74) is 1.10. The second kappa shape index (κ2) is 11.3. The summed E-state index contributed by atoms with van der Waals surface area (Å²) in [6.45, 7) is 12.1. The highest BCUT2D eigenvalue weighted by molar-refractivity contribution is 5.89. The average molecular weight is 537 g/mol. The first kappa shape index (κ1) is 28.8. The lowest BCUT2D eigenvalue weighted by atomic mass is 9.43. The van der Waals surface area contributed by atoms with Crippen LogP contribution in [-0.2, 0) is 14.3 Å². The molecule has 0 amide bonds. The number of hydrogen-bond donors (Lipinski definition) is 0. The molecule has 1 aromatic rings. The van der Waals surface area contributed by atoms with E-state index < -0.39 is 0 Å². The average Bonchev–Trinajstić information content (AvgIpc) is 3.27. The van der Waals surface area contributed by atoms with Gasteiger partial charge in [-0.05, 0) is 110 Å². The number of carbonyl (C=O) groups is 2. The van der Waals surface area contributed by atoms with Crippen LogP contribution in [0.3, 0.4) is 0 Å². The fourth-order valence-corrected chi connectivity index (χ4v) is 10.2. The summed E-state index contributed by atoms with van der Waals surface area (Å²) >= 11 is 0. The van der Waals surface area contributed by atoms with Crippen molar-refractivity contribution >= 4 is 11.8 Å². The third-order valence-corrected chi connectivity index (χ3v) is 12.5. The first-order valence-electron chi connectivity index (χ1n) is 15.9. The Kier molecular flexibility index (Phi) is 8.36. The van der Waals surface area contributed by atoms with Gasteiger partial charge >= 0.3 is 5.97 Å². The monoisotopic (exact) mass is 536 g/mol. The van der Waals surface area contributed by atoms with Gasteiger partial charge in [0.25, 0.3) is 0 Å². The smallest absolute Gasteiger partial charge is 0.338 e. The van der Waals surface area contributed by atoms with E-state index in [1.54, 1.807) is 0 Å². The van der Waals surface area contributed by atoms with E-state index in [-0.39, 0.29) is 22.9 Å². The second-order valence-corrected chi connectivity index (χ2v) is 14.6. The molecule has 216 valence electrons. The summed E-state index contributed by atoms with van der Waals surface area (Å²) in [5, 5.41) is 0. The van der Waals surface area contributed by atoms with Gasteiger partial charge in [0.05, 0.1) is 11.7 Å². The molecule has 1 aromatic carbocycles. The Balaban J connectivity index is 1.40. The highest BCUT2D eigenvalue weighted by Gasteiger charge is 2.63. The van der Waals surface area contributed by atoms with Crippen LogP contribution < -0.4 is 0 Å². The van der Waals surface area contributed by atoms with Gasteiger partial charge in [-0.15, -0.1) is 0 Å². The number of hydrogen-bond acceptors (Lipinski definition) is 4. The van der Waals surface area contributed by atoms with E-state index in [9.17, 15) is 9.59 Å². The largest absolute Gasteiger partial charge is 0.458 e. The van der Waals surface area contributed by atoms with Crippen molar-refractivity contribution in [3.05, 3.63) is 35.9 Å². The van der Waals surface area contributed by atoms with Gasteiger partial charge < -0.3 is 9.47 Å². The number of esters is 1. The molecule has 4 nitrogen and oxygen atoms in total. The topological polar surface area (TPSA) is 52.6 Å². The highest BCUT2D eigenvalue weighted by atomic mass is 16.5. The summed E-state index contributed by atoms with van der Waals surface area (Å²) in [5.74, 6) is 3.95. The van der Waals surface area contributed by atoms with E-state index in [2.05, 4.69) is 34.6 Å². The number of carbonyl (C=O) groups excluding carboxylic acids is 2. The first-order chi connectivity index (χ1) is 18.6. The fraction of sp³-hybridized carbons (Fsp3) is 0.771. The van der Waals surface area contributed by atoms with Crippen LogP contribution in [0.2, 0.25) is 0 Å². The third-order valence-electron chi connectivity index (χ3n) is 12.5. The first-order valence-corrected chi connectivity index (χ1v) is 15.9. The van der Waals surface area contributed by atoms with Crippen LogP contribution in [0.5, 0.6) is 0 Å². The van der Waals surface area contributed by atoms with Crippen LogP contribution in [0.25, 0.3) is 0 Å². The van der Waals surface area contributed by atoms with Crippen LogP contribution in [0.15, 0.2) is 30.3 Å². The number of rotatable bonds is 8. The molecule has 4 aliphatic carbocycles. The van der Waals surface area contributed by atoms with Gasteiger partial charge in [-0.3, -0.25) is 4.79 Å². The van der Waals surface area contributed by atoms with Crippen molar-refractivity contribution in [2.75, 3.05) is 7.11 Å². The standard InChI is InChI=1S/C35H52O4/c1-22(2)30(38-6)15-12-23(3)27-13-14-28-32-29(17-19-35(27,28)5)34(4)18-16-26(36)20-25(34)21-31(32)39-33(37)24-10-8-7-9-11-24/h7-11,22-23,25,27-32H,12-21H2,1-6H3/t23?,25-,27-,28?,29?,30-,31-,32?,34+,35-/m1/s1. The van der Waals surface area contributed by atoms with Crippen LogP contribution in [0.1, 0.15) is 109 Å². The zero-order valence-electron chi connectivity index (χ0n) is 25.3. The molecule has 0 spiro atoms. The predicted octanol–water partition coefficient (Wildman–Crippen LogP) is 8.14. The van der Waals surface area contributed by atoms with Gasteiger partial charge in [0.15, 0.2) is 0 Å². The number of methoxy groups -OCH3 is 1. The van der Waals surface area contributed by atoms with Gasteiger partial charge in [0.1, 0.15) is 11.9 Å². The molecule has 4 aliphatic rings. The van der Waals surface area contributed by atoms with E-state index in [0.29, 0.717) is 65.3 Å². The van der Waals surface area contributed by atoms with Crippen molar-refractivity contribution < 1.29 is 19.1 Å². The molecule has 39 heavy (non-hydrogen) atoms. The molecule has 0 radical (unpaired) electrons. The zero-order valence-corrected chi connectivity index (χ0v) is 25.3. The molecule has 4 heteroatoms. The number of Topliss-reactive ketones (excluding diaryl/α,β-unsaturated/α-hetero) is 1. The van der Waals surface area contributed by atoms with Crippen LogP contribution in [-0.4, -0.2) is 31.1 Å². The van der Waals surface area contributed by atoms with Crippen molar-refractivity contribution in [2.45, 2.75) is 111 Å². The molecule has 0 aliphatic heterocycles. The van der Waals surface area contributed by atoms with E-state index >= 15 is 0 Å². The summed E-state index contributed by atoms with van der Waals surface area (Å²) < 4.78 is 12.3. The predicted molar refractivity (Wildman–Crippen MR) is 155 cm³/mol. The lowest BCUT2D eigenvalue weighted by molar-refractivity contribution is -0.170. The molecule has 4 saturated carbocycles. The molecule has 4 unspecified atom stereocenters. The fourth-order valence-electron chi connectivity index (χ4n) is 10.2. The third kappa shape index (κ3) is 5.24. The van der Waals surface area contributed by atoms with Gasteiger partial charge in [0, 0.05) is 25.9 Å². The maximum atomic E-state index is 13.4. The van der Waals surface area contributed by atoms with Gasteiger partial charge in [0.2, 0.25) is 0 Å². The molecular weight excluding hydrogens is 484 g/mol. The molecule has 4 fully saturated rings. The Hall–Kier alpha value is -1.68. The Morgan fingerprint density at radius 2 is 1.69 bits per heavy atom. The number of ketones is 1. The number of benzene rings is 1. The highest BCUT2D eigenvalue weighted by Crippen LogP contribution is 2.68. The van der Waals surface area contributed by atoms with Crippen LogP contribution >= 0.6 is 0 Å². The molecular formula is C35H52O4. The van der Waals surface area contributed by atoms with Crippen molar-refractivity contribution in [2.24, 2.45) is 52.3 Å². The Bertz CT molecular complexity index is 1020. The second-order valence-electron chi connectivity index (χ2n) is 14.6. The molecule has 0 aromatic heterocycles. The zero-order chi connectivity index (χ0) is 27.9. The maximum absolute atomic E-state index is 13.4. The van der Waals surface area contributed by atoms with Crippen molar-refractivity contribution in [3.8, 4) is 0 Å². The Morgan fingerprint density at radius 3 is 2.38 bits per heavy atom. The minimum atomic E-state index is -0.195. The molecule has 0 heterocycles. The van der Waals surface area contributed by atoms with Crippen molar-refractivity contribution in [1.29, 1.82) is 0 Å². The quantitative estimate of drug-likeness (QED) is 0.315. The van der Waals surface area contributed by atoms with E-state index in [4.69, 9.17) is 9.47 Å². The molecule has 0 bridgehead atoms. The van der Waals surface area contributed by atoms with E-state index in [1.807, 2.05) is 37.4 Å². The minimum absolute atomic E-state index is 0.0934. The van der Waals surface area contributed by atoms with Gasteiger partial charge in [-0.25, -0.2) is 4.79 Å². The number of ether oxygens (including phenoxy) is 2. The lowest BCUT2D eigenvalue weighted by Crippen LogP contribution is -2.59. The lowest BCUT2D eigenvalue weighted by Gasteiger charge is -2.62. The molecule has 0 N–H and O–H groups in total.